The van der Waals surface area contributed by atoms with Gasteiger partial charge in [-0.05, 0) is 36.4 Å². The fourth-order valence-electron chi connectivity index (χ4n) is 1.65. The van der Waals surface area contributed by atoms with Gasteiger partial charge in [-0.25, -0.2) is 9.07 Å². The molecular weight excluding hydrogens is 261 g/mol. The standard InChI is InChI=1S/C14H9FN3S/c15-13-10-12(19-11-4-7-16-8-5-11)2-3-14(13)18-9-1-6-17-18/h1-5,7-10H. The highest BCUT2D eigenvalue weighted by Crippen LogP contribution is 2.28. The summed E-state index contributed by atoms with van der Waals surface area (Å²) in [6.45, 7) is 0. The van der Waals surface area contributed by atoms with Gasteiger partial charge >= 0.3 is 0 Å². The molecule has 2 aromatic heterocycles. The van der Waals surface area contributed by atoms with E-state index in [2.05, 4.69) is 16.3 Å². The zero-order chi connectivity index (χ0) is 13.1. The average Bonchev–Trinajstić information content (AvgIpc) is 2.94. The van der Waals surface area contributed by atoms with Crippen LogP contribution in [0.5, 0.6) is 0 Å². The minimum absolute atomic E-state index is 0.309. The summed E-state index contributed by atoms with van der Waals surface area (Å²) in [5.41, 5.74) is 0.417. The van der Waals surface area contributed by atoms with Gasteiger partial charge in [0.25, 0.3) is 0 Å². The monoisotopic (exact) mass is 270 g/mol. The number of pyridine rings is 1. The van der Waals surface area contributed by atoms with Crippen molar-refractivity contribution in [3.63, 3.8) is 0 Å². The van der Waals surface area contributed by atoms with E-state index in [0.717, 1.165) is 9.79 Å². The molecule has 0 saturated heterocycles. The van der Waals surface area contributed by atoms with E-state index in [9.17, 15) is 4.39 Å². The molecule has 0 amide bonds. The third-order valence-corrected chi connectivity index (χ3v) is 3.50. The van der Waals surface area contributed by atoms with E-state index in [4.69, 9.17) is 0 Å². The normalized spacial score (nSPS) is 10.6. The Labute approximate surface area is 114 Å². The molecule has 2 heterocycles. The van der Waals surface area contributed by atoms with Crippen LogP contribution in [0.15, 0.2) is 64.8 Å². The number of hydrogen-bond donors (Lipinski definition) is 0. The van der Waals surface area contributed by atoms with Gasteiger partial charge in [0, 0.05) is 28.4 Å². The van der Waals surface area contributed by atoms with E-state index in [0.29, 0.717) is 5.69 Å². The second-order valence-electron chi connectivity index (χ2n) is 3.79. The van der Waals surface area contributed by atoms with E-state index >= 15 is 0 Å². The highest BCUT2D eigenvalue weighted by Gasteiger charge is 2.06. The molecule has 0 N–H and O–H groups in total. The molecule has 1 aromatic carbocycles. The van der Waals surface area contributed by atoms with Crippen LogP contribution in [-0.4, -0.2) is 14.8 Å². The molecule has 1 radical (unpaired) electrons. The van der Waals surface area contributed by atoms with Crippen LogP contribution < -0.4 is 0 Å². The number of benzene rings is 1. The Morgan fingerprint density at radius 3 is 2.63 bits per heavy atom. The second-order valence-corrected chi connectivity index (χ2v) is 4.93. The summed E-state index contributed by atoms with van der Waals surface area (Å²) in [6, 6.07) is 10.5. The zero-order valence-electron chi connectivity index (χ0n) is 9.82. The van der Waals surface area contributed by atoms with Gasteiger partial charge in [-0.1, -0.05) is 11.8 Å². The minimum atomic E-state index is -0.309. The van der Waals surface area contributed by atoms with Crippen LogP contribution in [0.1, 0.15) is 0 Å². The summed E-state index contributed by atoms with van der Waals surface area (Å²) in [6.07, 6.45) is 7.73. The first-order valence-electron chi connectivity index (χ1n) is 5.62. The van der Waals surface area contributed by atoms with Crippen molar-refractivity contribution in [2.24, 2.45) is 0 Å². The number of aromatic nitrogens is 3. The van der Waals surface area contributed by atoms with Crippen LogP contribution in [-0.2, 0) is 0 Å². The summed E-state index contributed by atoms with van der Waals surface area (Å²) >= 11 is 1.49. The van der Waals surface area contributed by atoms with E-state index in [-0.39, 0.29) is 5.82 Å². The third kappa shape index (κ3) is 2.66. The van der Waals surface area contributed by atoms with Crippen molar-refractivity contribution in [3.8, 4) is 5.69 Å². The number of nitrogens with zero attached hydrogens (tertiary/aromatic N) is 3. The molecule has 0 bridgehead atoms. The van der Waals surface area contributed by atoms with Crippen LogP contribution in [0.2, 0.25) is 0 Å². The summed E-state index contributed by atoms with van der Waals surface area (Å²) in [7, 11) is 0. The molecule has 3 nitrogen and oxygen atoms in total. The van der Waals surface area contributed by atoms with Gasteiger partial charge in [-0.3, -0.25) is 4.98 Å². The Hall–Kier alpha value is -2.14. The fraction of sp³-hybridized carbons (Fsp3) is 0. The summed E-state index contributed by atoms with van der Waals surface area (Å²) in [5, 5.41) is 3.90. The Morgan fingerprint density at radius 1 is 1.11 bits per heavy atom. The zero-order valence-corrected chi connectivity index (χ0v) is 10.6. The highest BCUT2D eigenvalue weighted by atomic mass is 32.2. The molecule has 0 fully saturated rings. The number of halogens is 1. The lowest BCUT2D eigenvalue weighted by molar-refractivity contribution is 0.607. The molecular formula is C14H9FN3S. The van der Waals surface area contributed by atoms with Crippen LogP contribution in [0.3, 0.4) is 0 Å². The van der Waals surface area contributed by atoms with Crippen molar-refractivity contribution in [3.05, 3.63) is 67.0 Å². The number of hydrogen-bond acceptors (Lipinski definition) is 3. The predicted molar refractivity (Wildman–Crippen MR) is 70.7 cm³/mol. The largest absolute Gasteiger partial charge is 0.265 e. The first kappa shape index (κ1) is 11.9. The molecule has 0 atom stereocenters. The average molecular weight is 270 g/mol. The van der Waals surface area contributed by atoms with Gasteiger partial charge in [0.1, 0.15) is 17.7 Å². The van der Waals surface area contributed by atoms with Crippen LogP contribution in [0.4, 0.5) is 4.39 Å². The van der Waals surface area contributed by atoms with Crippen molar-refractivity contribution in [1.82, 2.24) is 14.8 Å². The summed E-state index contributed by atoms with van der Waals surface area (Å²) in [4.78, 5) is 5.81. The highest BCUT2D eigenvalue weighted by molar-refractivity contribution is 7.99. The molecule has 0 unspecified atom stereocenters. The molecule has 3 aromatic rings. The maximum absolute atomic E-state index is 14.0. The smallest absolute Gasteiger partial charge is 0.149 e. The van der Waals surface area contributed by atoms with Crippen molar-refractivity contribution in [1.29, 1.82) is 0 Å². The summed E-state index contributed by atoms with van der Waals surface area (Å²) in [5.74, 6) is -0.309. The quantitative estimate of drug-likeness (QED) is 0.731. The van der Waals surface area contributed by atoms with Gasteiger partial charge in [-0.2, -0.15) is 5.10 Å². The Morgan fingerprint density at radius 2 is 1.95 bits per heavy atom. The fourth-order valence-corrected chi connectivity index (χ4v) is 2.47. The molecule has 0 spiro atoms. The van der Waals surface area contributed by atoms with E-state index in [1.54, 1.807) is 30.7 Å². The van der Waals surface area contributed by atoms with Crippen molar-refractivity contribution in [2.75, 3.05) is 0 Å². The maximum atomic E-state index is 14.0. The van der Waals surface area contributed by atoms with Crippen LogP contribution in [0.25, 0.3) is 5.69 Å². The van der Waals surface area contributed by atoms with Crippen LogP contribution in [0, 0.1) is 12.0 Å². The molecule has 0 saturated carbocycles. The van der Waals surface area contributed by atoms with E-state index < -0.39 is 0 Å². The molecule has 19 heavy (non-hydrogen) atoms. The Bertz CT molecular complexity index is 668. The molecule has 0 aliphatic carbocycles. The Balaban J connectivity index is 1.88. The second kappa shape index (κ2) is 5.24. The van der Waals surface area contributed by atoms with Crippen molar-refractivity contribution >= 4 is 11.8 Å². The lowest BCUT2D eigenvalue weighted by Crippen LogP contribution is -1.97. The van der Waals surface area contributed by atoms with Gasteiger partial charge in [0.15, 0.2) is 0 Å². The molecule has 3 rings (SSSR count). The van der Waals surface area contributed by atoms with Gasteiger partial charge in [0.05, 0.1) is 0 Å². The van der Waals surface area contributed by atoms with Gasteiger partial charge < -0.3 is 0 Å². The number of rotatable bonds is 3. The first-order chi connectivity index (χ1) is 9.33. The third-order valence-electron chi connectivity index (χ3n) is 2.51. The maximum Gasteiger partial charge on any atom is 0.149 e. The first-order valence-corrected chi connectivity index (χ1v) is 6.44. The predicted octanol–water partition coefficient (Wildman–Crippen LogP) is 3.36. The minimum Gasteiger partial charge on any atom is -0.265 e. The molecule has 93 valence electrons. The summed E-state index contributed by atoms with van der Waals surface area (Å²) < 4.78 is 15.5. The molecule has 0 aliphatic rings. The lowest BCUT2D eigenvalue weighted by atomic mass is 10.3. The Kier molecular flexibility index (Phi) is 3.29. The SMILES string of the molecule is Fc1cc(Sc2ccncc2)ccc1-n1cc[c]n1. The van der Waals surface area contributed by atoms with Crippen LogP contribution >= 0.6 is 11.8 Å². The van der Waals surface area contributed by atoms with E-state index in [1.165, 1.54) is 22.5 Å². The molecule has 0 aliphatic heterocycles. The van der Waals surface area contributed by atoms with Gasteiger partial charge in [0.2, 0.25) is 0 Å². The molecule has 5 heteroatoms. The van der Waals surface area contributed by atoms with Crippen molar-refractivity contribution < 1.29 is 4.39 Å². The van der Waals surface area contributed by atoms with Gasteiger partial charge in [-0.15, -0.1) is 0 Å². The lowest BCUT2D eigenvalue weighted by Gasteiger charge is -2.06. The van der Waals surface area contributed by atoms with E-state index in [1.807, 2.05) is 18.2 Å². The van der Waals surface area contributed by atoms with Crippen molar-refractivity contribution in [2.45, 2.75) is 9.79 Å². The topological polar surface area (TPSA) is 30.7 Å².